The minimum Gasteiger partial charge on any atom is -0.383 e. The quantitative estimate of drug-likeness (QED) is 0.762. The van der Waals surface area contributed by atoms with Gasteiger partial charge in [0.2, 0.25) is 0 Å². The van der Waals surface area contributed by atoms with Gasteiger partial charge < -0.3 is 10.1 Å². The standard InChI is InChI=1S/C18H29NO/c1-13(2)18(12-19-7-8-20-6)11-17-10-15(4)14(3)9-16(17)5/h9-11,13,19H,7-8,12H2,1-6H3. The Balaban J connectivity index is 2.88. The Kier molecular flexibility index (Phi) is 6.97. The molecule has 2 nitrogen and oxygen atoms in total. The molecule has 1 aromatic carbocycles. The molecule has 20 heavy (non-hydrogen) atoms. The first-order chi connectivity index (χ1) is 9.45. The maximum atomic E-state index is 5.07. The van der Waals surface area contributed by atoms with Crippen molar-refractivity contribution in [1.29, 1.82) is 0 Å². The van der Waals surface area contributed by atoms with E-state index in [0.717, 1.165) is 19.7 Å². The summed E-state index contributed by atoms with van der Waals surface area (Å²) in [6.07, 6.45) is 2.34. The predicted octanol–water partition coefficient (Wildman–Crippen LogP) is 3.89. The summed E-state index contributed by atoms with van der Waals surface area (Å²) in [5.74, 6) is 0.547. The number of hydrogen-bond donors (Lipinski definition) is 1. The van der Waals surface area contributed by atoms with Gasteiger partial charge in [-0.3, -0.25) is 0 Å². The van der Waals surface area contributed by atoms with Crippen LogP contribution in [0, 0.1) is 26.7 Å². The Labute approximate surface area is 124 Å². The highest BCUT2D eigenvalue weighted by atomic mass is 16.5. The fourth-order valence-corrected chi connectivity index (χ4v) is 2.17. The molecule has 0 fully saturated rings. The summed E-state index contributed by atoms with van der Waals surface area (Å²) in [4.78, 5) is 0. The van der Waals surface area contributed by atoms with E-state index in [1.165, 1.54) is 27.8 Å². The highest BCUT2D eigenvalue weighted by Gasteiger charge is 2.06. The second-order valence-corrected chi connectivity index (χ2v) is 5.84. The van der Waals surface area contributed by atoms with Crippen molar-refractivity contribution in [2.45, 2.75) is 34.6 Å². The molecule has 0 aliphatic carbocycles. The van der Waals surface area contributed by atoms with Crippen LogP contribution in [0.5, 0.6) is 0 Å². The van der Waals surface area contributed by atoms with Crippen LogP contribution >= 0.6 is 0 Å². The molecule has 0 saturated carbocycles. The molecule has 0 aliphatic heterocycles. The lowest BCUT2D eigenvalue weighted by molar-refractivity contribution is 0.200. The third-order valence-electron chi connectivity index (χ3n) is 3.78. The zero-order valence-corrected chi connectivity index (χ0v) is 13.8. The average molecular weight is 275 g/mol. The third-order valence-corrected chi connectivity index (χ3v) is 3.78. The molecule has 1 N–H and O–H groups in total. The van der Waals surface area contributed by atoms with E-state index in [4.69, 9.17) is 4.74 Å². The van der Waals surface area contributed by atoms with E-state index in [2.05, 4.69) is 58.1 Å². The van der Waals surface area contributed by atoms with E-state index >= 15 is 0 Å². The number of ether oxygens (including phenoxy) is 1. The van der Waals surface area contributed by atoms with Crippen LogP contribution in [0.25, 0.3) is 6.08 Å². The van der Waals surface area contributed by atoms with Crippen LogP contribution in [0.15, 0.2) is 17.7 Å². The molecular formula is C18H29NO. The molecule has 0 aliphatic rings. The Bertz CT molecular complexity index is 461. The molecule has 1 rings (SSSR count). The zero-order valence-electron chi connectivity index (χ0n) is 13.8. The van der Waals surface area contributed by atoms with Crippen LogP contribution < -0.4 is 5.32 Å². The van der Waals surface area contributed by atoms with E-state index in [1.807, 2.05) is 0 Å². The van der Waals surface area contributed by atoms with Gasteiger partial charge in [0.05, 0.1) is 6.61 Å². The van der Waals surface area contributed by atoms with Gasteiger partial charge in [0.25, 0.3) is 0 Å². The van der Waals surface area contributed by atoms with Gasteiger partial charge in [-0.25, -0.2) is 0 Å². The first-order valence-corrected chi connectivity index (χ1v) is 7.43. The Hall–Kier alpha value is -1.12. The van der Waals surface area contributed by atoms with Gasteiger partial charge >= 0.3 is 0 Å². The van der Waals surface area contributed by atoms with Crippen LogP contribution in [0.2, 0.25) is 0 Å². The SMILES string of the molecule is COCCNCC(=Cc1cc(C)c(C)cc1C)C(C)C. The molecule has 0 radical (unpaired) electrons. The van der Waals surface area contributed by atoms with Crippen LogP contribution in [-0.4, -0.2) is 26.8 Å². The molecule has 0 saturated heterocycles. The van der Waals surface area contributed by atoms with Crippen molar-refractivity contribution >= 4 is 6.08 Å². The minimum atomic E-state index is 0.547. The summed E-state index contributed by atoms with van der Waals surface area (Å²) in [7, 11) is 1.74. The van der Waals surface area contributed by atoms with E-state index in [-0.39, 0.29) is 0 Å². The van der Waals surface area contributed by atoms with E-state index in [1.54, 1.807) is 7.11 Å². The first-order valence-electron chi connectivity index (χ1n) is 7.43. The lowest BCUT2D eigenvalue weighted by Crippen LogP contribution is -2.23. The smallest absolute Gasteiger partial charge is 0.0587 e. The van der Waals surface area contributed by atoms with Crippen molar-refractivity contribution in [2.75, 3.05) is 26.8 Å². The maximum absolute atomic E-state index is 5.07. The highest BCUT2D eigenvalue weighted by molar-refractivity contribution is 5.59. The molecule has 0 unspecified atom stereocenters. The van der Waals surface area contributed by atoms with E-state index < -0.39 is 0 Å². The Morgan fingerprint density at radius 2 is 1.80 bits per heavy atom. The van der Waals surface area contributed by atoms with Crippen molar-refractivity contribution in [3.8, 4) is 0 Å². The fraction of sp³-hybridized carbons (Fsp3) is 0.556. The van der Waals surface area contributed by atoms with Crippen molar-refractivity contribution in [3.63, 3.8) is 0 Å². The highest BCUT2D eigenvalue weighted by Crippen LogP contribution is 2.20. The minimum absolute atomic E-state index is 0.547. The maximum Gasteiger partial charge on any atom is 0.0587 e. The number of nitrogens with one attached hydrogen (secondary N) is 1. The topological polar surface area (TPSA) is 21.3 Å². The normalized spacial score (nSPS) is 12.2. The van der Waals surface area contributed by atoms with Gasteiger partial charge in [0.15, 0.2) is 0 Å². The van der Waals surface area contributed by atoms with Gasteiger partial charge in [-0.2, -0.15) is 0 Å². The molecule has 2 heteroatoms. The molecule has 0 atom stereocenters. The molecule has 1 aromatic rings. The van der Waals surface area contributed by atoms with Crippen molar-refractivity contribution in [2.24, 2.45) is 5.92 Å². The van der Waals surface area contributed by atoms with E-state index in [0.29, 0.717) is 5.92 Å². The Morgan fingerprint density at radius 3 is 2.40 bits per heavy atom. The largest absolute Gasteiger partial charge is 0.383 e. The number of methoxy groups -OCH3 is 1. The van der Waals surface area contributed by atoms with Gasteiger partial charge in [-0.05, 0) is 48.9 Å². The average Bonchev–Trinajstić information content (AvgIpc) is 2.38. The summed E-state index contributed by atoms with van der Waals surface area (Å²) in [6, 6.07) is 4.57. The first kappa shape index (κ1) is 16.9. The van der Waals surface area contributed by atoms with Gasteiger partial charge in [0, 0.05) is 20.2 Å². The monoisotopic (exact) mass is 275 g/mol. The summed E-state index contributed by atoms with van der Waals surface area (Å²) >= 11 is 0. The van der Waals surface area contributed by atoms with Gasteiger partial charge in [-0.15, -0.1) is 0 Å². The molecule has 0 spiro atoms. The van der Waals surface area contributed by atoms with Crippen LogP contribution in [-0.2, 0) is 4.74 Å². The second kappa shape index (κ2) is 8.23. The second-order valence-electron chi connectivity index (χ2n) is 5.84. The fourth-order valence-electron chi connectivity index (χ4n) is 2.17. The van der Waals surface area contributed by atoms with Gasteiger partial charge in [-0.1, -0.05) is 37.6 Å². The summed E-state index contributed by atoms with van der Waals surface area (Å²) < 4.78 is 5.07. The van der Waals surface area contributed by atoms with E-state index in [9.17, 15) is 0 Å². The summed E-state index contributed by atoms with van der Waals surface area (Å²) in [5.41, 5.74) is 6.85. The Morgan fingerprint density at radius 1 is 1.15 bits per heavy atom. The molecular weight excluding hydrogens is 246 g/mol. The van der Waals surface area contributed by atoms with Gasteiger partial charge in [0.1, 0.15) is 0 Å². The number of benzene rings is 1. The summed E-state index contributed by atoms with van der Waals surface area (Å²) in [6.45, 7) is 13.6. The zero-order chi connectivity index (χ0) is 15.1. The molecule has 0 bridgehead atoms. The lowest BCUT2D eigenvalue weighted by Gasteiger charge is -2.14. The van der Waals surface area contributed by atoms with Crippen LogP contribution in [0.3, 0.4) is 0 Å². The molecule has 0 amide bonds. The predicted molar refractivity (Wildman–Crippen MR) is 88.2 cm³/mol. The van der Waals surface area contributed by atoms with Crippen LogP contribution in [0.4, 0.5) is 0 Å². The van der Waals surface area contributed by atoms with Crippen molar-refractivity contribution < 1.29 is 4.74 Å². The van der Waals surface area contributed by atoms with Crippen LogP contribution in [0.1, 0.15) is 36.1 Å². The third kappa shape index (κ3) is 5.10. The molecule has 0 heterocycles. The lowest BCUT2D eigenvalue weighted by atomic mass is 9.95. The number of aryl methyl sites for hydroxylation is 3. The number of rotatable bonds is 7. The number of hydrogen-bond acceptors (Lipinski definition) is 2. The molecule has 112 valence electrons. The summed E-state index contributed by atoms with van der Waals surface area (Å²) in [5, 5.41) is 3.44. The molecule has 0 aromatic heterocycles. The van der Waals surface area contributed by atoms with Crippen molar-refractivity contribution in [3.05, 3.63) is 40.0 Å². The van der Waals surface area contributed by atoms with Crippen molar-refractivity contribution in [1.82, 2.24) is 5.32 Å².